The normalized spacial score (nSPS) is 9.53. The lowest BCUT2D eigenvalue weighted by atomic mass is 10.2. The molecule has 1 heterocycles. The molecule has 0 saturated carbocycles. The minimum Gasteiger partial charge on any atom is -0.478 e. The zero-order chi connectivity index (χ0) is 10.4. The number of anilines is 1. The molecule has 1 aromatic rings. The van der Waals surface area contributed by atoms with E-state index in [0.29, 0.717) is 5.88 Å². The molecule has 1 N–H and O–H groups in total. The summed E-state index contributed by atoms with van der Waals surface area (Å²) in [4.78, 5) is 0. The fraction of sp³-hybridized carbons (Fsp3) is 0.700. The smallest absolute Gasteiger partial charge is 0.256 e. The Balaban J connectivity index is 0.00000196. The molecule has 0 spiro atoms. The summed E-state index contributed by atoms with van der Waals surface area (Å²) in [6, 6.07) is 0. The third kappa shape index (κ3) is 4.42. The maximum absolute atomic E-state index is 5.13. The van der Waals surface area contributed by atoms with Gasteiger partial charge in [-0.25, -0.2) is 0 Å². The number of aryl methyl sites for hydroxylation is 1. The second kappa shape index (κ2) is 7.40. The number of halogens is 1. The van der Waals surface area contributed by atoms with E-state index in [1.807, 2.05) is 13.2 Å². The number of nitrogens with one attached hydrogen (secondary N) is 1. The quantitative estimate of drug-likeness (QED) is 0.768. The number of rotatable bonds is 6. The van der Waals surface area contributed by atoms with E-state index in [9.17, 15) is 0 Å². The number of methoxy groups -OCH3 is 1. The van der Waals surface area contributed by atoms with Gasteiger partial charge in [0, 0.05) is 13.6 Å². The van der Waals surface area contributed by atoms with Crippen LogP contribution >= 0.6 is 12.4 Å². The minimum atomic E-state index is 0. The molecule has 4 nitrogen and oxygen atoms in total. The van der Waals surface area contributed by atoms with Crippen LogP contribution in [-0.2, 0) is 7.05 Å². The summed E-state index contributed by atoms with van der Waals surface area (Å²) < 4.78 is 6.88. The van der Waals surface area contributed by atoms with E-state index in [0.717, 1.165) is 12.2 Å². The van der Waals surface area contributed by atoms with Gasteiger partial charge in [0.1, 0.15) is 5.69 Å². The topological polar surface area (TPSA) is 39.1 Å². The van der Waals surface area contributed by atoms with Crippen LogP contribution in [0.15, 0.2) is 6.20 Å². The van der Waals surface area contributed by atoms with Crippen molar-refractivity contribution in [3.63, 3.8) is 0 Å². The SMILES string of the molecule is CCCCCNc1cn(C)nc1OC.Cl. The van der Waals surface area contributed by atoms with E-state index in [2.05, 4.69) is 17.3 Å². The molecule has 0 bridgehead atoms. The molecule has 0 saturated heterocycles. The molecule has 88 valence electrons. The summed E-state index contributed by atoms with van der Waals surface area (Å²) in [5, 5.41) is 7.47. The van der Waals surface area contributed by atoms with Crippen LogP contribution in [0.5, 0.6) is 5.88 Å². The highest BCUT2D eigenvalue weighted by Crippen LogP contribution is 2.20. The van der Waals surface area contributed by atoms with E-state index < -0.39 is 0 Å². The van der Waals surface area contributed by atoms with Crippen molar-refractivity contribution in [1.82, 2.24) is 9.78 Å². The van der Waals surface area contributed by atoms with Crippen LogP contribution in [0.1, 0.15) is 26.2 Å². The van der Waals surface area contributed by atoms with Crippen LogP contribution in [0, 0.1) is 0 Å². The highest BCUT2D eigenvalue weighted by atomic mass is 35.5. The second-order valence-corrected chi connectivity index (χ2v) is 3.36. The molecular formula is C10H20ClN3O. The first-order chi connectivity index (χ1) is 6.77. The highest BCUT2D eigenvalue weighted by molar-refractivity contribution is 5.85. The van der Waals surface area contributed by atoms with Crippen LogP contribution in [0.25, 0.3) is 0 Å². The fourth-order valence-corrected chi connectivity index (χ4v) is 1.34. The Bertz CT molecular complexity index is 276. The molecule has 1 rings (SSSR count). The lowest BCUT2D eigenvalue weighted by molar-refractivity contribution is 0.393. The Morgan fingerprint density at radius 3 is 2.80 bits per heavy atom. The Morgan fingerprint density at radius 1 is 1.47 bits per heavy atom. The van der Waals surface area contributed by atoms with Gasteiger partial charge >= 0.3 is 0 Å². The highest BCUT2D eigenvalue weighted by Gasteiger charge is 2.05. The van der Waals surface area contributed by atoms with Crippen molar-refractivity contribution >= 4 is 18.1 Å². The molecule has 0 aliphatic carbocycles. The van der Waals surface area contributed by atoms with Crippen molar-refractivity contribution in [1.29, 1.82) is 0 Å². The van der Waals surface area contributed by atoms with E-state index in [1.165, 1.54) is 19.3 Å². The van der Waals surface area contributed by atoms with Crippen molar-refractivity contribution in [3.8, 4) is 5.88 Å². The van der Waals surface area contributed by atoms with E-state index in [4.69, 9.17) is 4.74 Å². The number of unbranched alkanes of at least 4 members (excludes halogenated alkanes) is 2. The first-order valence-electron chi connectivity index (χ1n) is 5.09. The first kappa shape index (κ1) is 14.1. The molecule has 15 heavy (non-hydrogen) atoms. The van der Waals surface area contributed by atoms with Gasteiger partial charge in [-0.15, -0.1) is 17.5 Å². The molecule has 0 atom stereocenters. The van der Waals surface area contributed by atoms with Gasteiger partial charge in [-0.05, 0) is 6.42 Å². The Hall–Kier alpha value is -0.900. The average Bonchev–Trinajstić information content (AvgIpc) is 2.54. The molecule has 0 unspecified atom stereocenters. The first-order valence-corrected chi connectivity index (χ1v) is 5.09. The number of ether oxygens (including phenoxy) is 1. The van der Waals surface area contributed by atoms with Gasteiger partial charge in [0.2, 0.25) is 0 Å². The van der Waals surface area contributed by atoms with E-state index in [1.54, 1.807) is 11.8 Å². The third-order valence-corrected chi connectivity index (χ3v) is 2.08. The lowest BCUT2D eigenvalue weighted by Gasteiger charge is -2.03. The van der Waals surface area contributed by atoms with Gasteiger partial charge in [-0.1, -0.05) is 19.8 Å². The van der Waals surface area contributed by atoms with Crippen LogP contribution in [0.4, 0.5) is 5.69 Å². The maximum Gasteiger partial charge on any atom is 0.256 e. The van der Waals surface area contributed by atoms with Crippen molar-refractivity contribution in [2.24, 2.45) is 7.05 Å². The van der Waals surface area contributed by atoms with Gasteiger partial charge in [-0.3, -0.25) is 4.68 Å². The molecule has 0 aromatic carbocycles. The summed E-state index contributed by atoms with van der Waals surface area (Å²) in [5.74, 6) is 0.670. The Kier molecular flexibility index (Phi) is 6.96. The Morgan fingerprint density at radius 2 is 2.20 bits per heavy atom. The van der Waals surface area contributed by atoms with Crippen LogP contribution in [-0.4, -0.2) is 23.4 Å². The number of hydrogen-bond donors (Lipinski definition) is 1. The van der Waals surface area contributed by atoms with Gasteiger partial charge in [-0.2, -0.15) is 0 Å². The van der Waals surface area contributed by atoms with Gasteiger partial charge in [0.15, 0.2) is 0 Å². The van der Waals surface area contributed by atoms with Gasteiger partial charge < -0.3 is 10.1 Å². The monoisotopic (exact) mass is 233 g/mol. The molecule has 0 aliphatic rings. The van der Waals surface area contributed by atoms with Crippen molar-refractivity contribution in [2.75, 3.05) is 19.0 Å². The van der Waals surface area contributed by atoms with Gasteiger partial charge in [0.25, 0.3) is 5.88 Å². The van der Waals surface area contributed by atoms with Crippen molar-refractivity contribution < 1.29 is 4.74 Å². The van der Waals surface area contributed by atoms with E-state index >= 15 is 0 Å². The summed E-state index contributed by atoms with van der Waals surface area (Å²) in [6.45, 7) is 3.18. The zero-order valence-corrected chi connectivity index (χ0v) is 10.4. The van der Waals surface area contributed by atoms with E-state index in [-0.39, 0.29) is 12.4 Å². The van der Waals surface area contributed by atoms with Crippen LogP contribution in [0.2, 0.25) is 0 Å². The van der Waals surface area contributed by atoms with Crippen molar-refractivity contribution in [2.45, 2.75) is 26.2 Å². The largest absolute Gasteiger partial charge is 0.478 e. The molecule has 0 aliphatic heterocycles. The minimum absolute atomic E-state index is 0. The standard InChI is InChI=1S/C10H19N3O.ClH/c1-4-5-6-7-11-9-8-13(2)12-10(9)14-3;/h8,11H,4-7H2,1-3H3;1H. The predicted molar refractivity (Wildman–Crippen MR) is 65.0 cm³/mol. The predicted octanol–water partition coefficient (Wildman–Crippen LogP) is 2.45. The molecule has 0 amide bonds. The van der Waals surface area contributed by atoms with Gasteiger partial charge in [0.05, 0.1) is 13.3 Å². The zero-order valence-electron chi connectivity index (χ0n) is 9.62. The summed E-state index contributed by atoms with van der Waals surface area (Å²) in [5.41, 5.74) is 0.978. The second-order valence-electron chi connectivity index (χ2n) is 3.36. The number of nitrogens with zero attached hydrogens (tertiary/aromatic N) is 2. The fourth-order valence-electron chi connectivity index (χ4n) is 1.34. The average molecular weight is 234 g/mol. The molecular weight excluding hydrogens is 214 g/mol. The summed E-state index contributed by atoms with van der Waals surface area (Å²) >= 11 is 0. The number of aromatic nitrogens is 2. The molecule has 5 heteroatoms. The maximum atomic E-state index is 5.13. The third-order valence-electron chi connectivity index (χ3n) is 2.08. The van der Waals surface area contributed by atoms with Crippen LogP contribution in [0.3, 0.4) is 0 Å². The summed E-state index contributed by atoms with van der Waals surface area (Å²) in [6.07, 6.45) is 5.63. The summed E-state index contributed by atoms with van der Waals surface area (Å²) in [7, 11) is 3.53. The van der Waals surface area contributed by atoms with Crippen molar-refractivity contribution in [3.05, 3.63) is 6.20 Å². The number of hydrogen-bond acceptors (Lipinski definition) is 3. The Labute approximate surface area is 97.4 Å². The molecule has 0 radical (unpaired) electrons. The lowest BCUT2D eigenvalue weighted by Crippen LogP contribution is -2.01. The molecule has 1 aromatic heterocycles. The molecule has 0 fully saturated rings. The van der Waals surface area contributed by atoms with Crippen LogP contribution < -0.4 is 10.1 Å².